The smallest absolute Gasteiger partial charge is 0.307 e. The lowest BCUT2D eigenvalue weighted by Crippen LogP contribution is -2.39. The fraction of sp³-hybridized carbons (Fsp3) is 0.769. The predicted molar refractivity (Wildman–Crippen MR) is 72.8 cm³/mol. The SMILES string of the molecule is CCOC(=O)CCNCN(CC)C(=O)CCC(=O)OC. The normalized spacial score (nSPS) is 9.95. The first-order valence-electron chi connectivity index (χ1n) is 6.76. The minimum absolute atomic E-state index is 0.0780. The van der Waals surface area contributed by atoms with Gasteiger partial charge < -0.3 is 14.4 Å². The minimum atomic E-state index is -0.398. The number of nitrogens with zero attached hydrogens (tertiary/aromatic N) is 1. The highest BCUT2D eigenvalue weighted by Gasteiger charge is 2.13. The summed E-state index contributed by atoms with van der Waals surface area (Å²) in [6, 6.07) is 0. The second kappa shape index (κ2) is 11.2. The van der Waals surface area contributed by atoms with E-state index in [0.29, 0.717) is 26.4 Å². The summed E-state index contributed by atoms with van der Waals surface area (Å²) < 4.78 is 9.27. The van der Waals surface area contributed by atoms with Crippen LogP contribution in [-0.2, 0) is 23.9 Å². The van der Waals surface area contributed by atoms with Gasteiger partial charge in [-0.15, -0.1) is 0 Å². The topological polar surface area (TPSA) is 84.9 Å². The summed E-state index contributed by atoms with van der Waals surface area (Å²) in [4.78, 5) is 35.5. The molecule has 0 aromatic carbocycles. The van der Waals surface area contributed by atoms with E-state index < -0.39 is 5.97 Å². The molecule has 1 N–H and O–H groups in total. The molecule has 116 valence electrons. The molecule has 1 amide bonds. The van der Waals surface area contributed by atoms with Crippen LogP contribution in [-0.4, -0.2) is 56.2 Å². The Morgan fingerprint density at radius 1 is 1.05 bits per heavy atom. The maximum absolute atomic E-state index is 11.8. The van der Waals surface area contributed by atoms with Crippen LogP contribution in [0.25, 0.3) is 0 Å². The van der Waals surface area contributed by atoms with Gasteiger partial charge in [0.2, 0.25) is 5.91 Å². The fourth-order valence-corrected chi connectivity index (χ4v) is 1.48. The van der Waals surface area contributed by atoms with E-state index in [-0.39, 0.29) is 31.1 Å². The summed E-state index contributed by atoms with van der Waals surface area (Å²) in [5.74, 6) is -0.786. The van der Waals surface area contributed by atoms with Gasteiger partial charge in [0.15, 0.2) is 0 Å². The number of nitrogens with one attached hydrogen (secondary N) is 1. The lowest BCUT2D eigenvalue weighted by molar-refractivity contribution is -0.144. The van der Waals surface area contributed by atoms with E-state index in [2.05, 4.69) is 10.1 Å². The molecule has 0 rings (SSSR count). The highest BCUT2D eigenvalue weighted by Crippen LogP contribution is 1.98. The van der Waals surface area contributed by atoms with Gasteiger partial charge in [-0.1, -0.05) is 0 Å². The first kappa shape index (κ1) is 18.4. The van der Waals surface area contributed by atoms with E-state index in [0.717, 1.165) is 0 Å². The molecular formula is C13H24N2O5. The number of amides is 1. The van der Waals surface area contributed by atoms with Gasteiger partial charge in [0.05, 0.1) is 33.2 Å². The van der Waals surface area contributed by atoms with Crippen LogP contribution in [0.3, 0.4) is 0 Å². The molecule has 0 saturated carbocycles. The van der Waals surface area contributed by atoms with Crippen molar-refractivity contribution < 1.29 is 23.9 Å². The molecule has 0 spiro atoms. The maximum Gasteiger partial charge on any atom is 0.307 e. The first-order valence-corrected chi connectivity index (χ1v) is 6.76. The molecule has 20 heavy (non-hydrogen) atoms. The van der Waals surface area contributed by atoms with Gasteiger partial charge in [0.25, 0.3) is 0 Å². The van der Waals surface area contributed by atoms with Crippen LogP contribution in [0.1, 0.15) is 33.1 Å². The van der Waals surface area contributed by atoms with E-state index >= 15 is 0 Å². The number of methoxy groups -OCH3 is 1. The first-order chi connectivity index (χ1) is 9.54. The molecule has 7 nitrogen and oxygen atoms in total. The van der Waals surface area contributed by atoms with Gasteiger partial charge in [0.1, 0.15) is 0 Å². The Morgan fingerprint density at radius 3 is 2.30 bits per heavy atom. The Morgan fingerprint density at radius 2 is 1.75 bits per heavy atom. The number of ether oxygens (including phenoxy) is 2. The third-order valence-corrected chi connectivity index (χ3v) is 2.62. The van der Waals surface area contributed by atoms with Gasteiger partial charge in [-0.2, -0.15) is 0 Å². The van der Waals surface area contributed by atoms with Gasteiger partial charge in [-0.3, -0.25) is 19.7 Å². The lowest BCUT2D eigenvalue weighted by Gasteiger charge is -2.21. The monoisotopic (exact) mass is 288 g/mol. The standard InChI is InChI=1S/C13H24N2O5/c1-4-15(11(16)6-7-12(17)19-3)10-14-9-8-13(18)20-5-2/h14H,4-10H2,1-3H3. The Bertz CT molecular complexity index is 320. The van der Waals surface area contributed by atoms with Crippen LogP contribution in [0, 0.1) is 0 Å². The molecule has 7 heteroatoms. The number of carbonyl (C=O) groups excluding carboxylic acids is 3. The van der Waals surface area contributed by atoms with Crippen LogP contribution in [0.4, 0.5) is 0 Å². The van der Waals surface area contributed by atoms with Crippen molar-refractivity contribution in [2.75, 3.05) is 33.5 Å². The van der Waals surface area contributed by atoms with Crippen molar-refractivity contribution in [3.8, 4) is 0 Å². The quantitative estimate of drug-likeness (QED) is 0.353. The number of rotatable bonds is 10. The van der Waals surface area contributed by atoms with Crippen molar-refractivity contribution in [2.45, 2.75) is 33.1 Å². The molecule has 0 bridgehead atoms. The third-order valence-electron chi connectivity index (χ3n) is 2.62. The number of hydrogen-bond acceptors (Lipinski definition) is 6. The fourth-order valence-electron chi connectivity index (χ4n) is 1.48. The van der Waals surface area contributed by atoms with Crippen molar-refractivity contribution in [1.82, 2.24) is 10.2 Å². The summed E-state index contributed by atoms with van der Waals surface area (Å²) in [6.07, 6.45) is 0.469. The summed E-state index contributed by atoms with van der Waals surface area (Å²) in [6.45, 7) is 5.29. The number of carbonyl (C=O) groups is 3. The molecular weight excluding hydrogens is 264 g/mol. The van der Waals surface area contributed by atoms with E-state index in [9.17, 15) is 14.4 Å². The van der Waals surface area contributed by atoms with Gasteiger partial charge >= 0.3 is 11.9 Å². The molecule has 0 radical (unpaired) electrons. The van der Waals surface area contributed by atoms with E-state index in [1.165, 1.54) is 7.11 Å². The molecule has 0 fully saturated rings. The molecule has 0 unspecified atom stereocenters. The lowest BCUT2D eigenvalue weighted by atomic mass is 10.3. The highest BCUT2D eigenvalue weighted by molar-refractivity contribution is 5.81. The summed E-state index contributed by atoms with van der Waals surface area (Å²) in [7, 11) is 1.29. The third kappa shape index (κ3) is 8.47. The molecule has 0 atom stereocenters. The van der Waals surface area contributed by atoms with Crippen LogP contribution in [0.15, 0.2) is 0 Å². The van der Waals surface area contributed by atoms with E-state index in [1.807, 2.05) is 6.92 Å². The van der Waals surface area contributed by atoms with Crippen LogP contribution in [0.2, 0.25) is 0 Å². The number of hydrogen-bond donors (Lipinski definition) is 1. The van der Waals surface area contributed by atoms with Crippen LogP contribution < -0.4 is 5.32 Å². The van der Waals surface area contributed by atoms with Crippen molar-refractivity contribution in [3.63, 3.8) is 0 Å². The molecule has 0 aromatic heterocycles. The maximum atomic E-state index is 11.8. The number of esters is 2. The summed E-state index contributed by atoms with van der Waals surface area (Å²) >= 11 is 0. The zero-order valence-corrected chi connectivity index (χ0v) is 12.4. The van der Waals surface area contributed by atoms with Crippen molar-refractivity contribution >= 4 is 17.8 Å². The van der Waals surface area contributed by atoms with Gasteiger partial charge in [-0.05, 0) is 13.8 Å². The average Bonchev–Trinajstić information content (AvgIpc) is 2.44. The average molecular weight is 288 g/mol. The zero-order valence-electron chi connectivity index (χ0n) is 12.4. The second-order valence-electron chi connectivity index (χ2n) is 4.04. The Balaban J connectivity index is 3.88. The Labute approximate surface area is 119 Å². The van der Waals surface area contributed by atoms with Crippen molar-refractivity contribution in [3.05, 3.63) is 0 Å². The Hall–Kier alpha value is -1.63. The summed E-state index contributed by atoms with van der Waals surface area (Å²) in [5, 5.41) is 3.00. The Kier molecular flexibility index (Phi) is 10.3. The van der Waals surface area contributed by atoms with Gasteiger partial charge in [0, 0.05) is 19.5 Å². The largest absolute Gasteiger partial charge is 0.469 e. The van der Waals surface area contributed by atoms with Crippen LogP contribution in [0.5, 0.6) is 0 Å². The summed E-state index contributed by atoms with van der Waals surface area (Å²) in [5.41, 5.74) is 0. The molecule has 0 aliphatic heterocycles. The van der Waals surface area contributed by atoms with Gasteiger partial charge in [-0.25, -0.2) is 0 Å². The van der Waals surface area contributed by atoms with Crippen molar-refractivity contribution in [2.24, 2.45) is 0 Å². The predicted octanol–water partition coefficient (Wildman–Crippen LogP) is 0.288. The van der Waals surface area contributed by atoms with Crippen molar-refractivity contribution in [1.29, 1.82) is 0 Å². The zero-order chi connectivity index (χ0) is 15.4. The molecule has 0 aliphatic rings. The molecule has 0 aromatic rings. The molecule has 0 aliphatic carbocycles. The molecule has 0 heterocycles. The highest BCUT2D eigenvalue weighted by atomic mass is 16.5. The van der Waals surface area contributed by atoms with Crippen LogP contribution >= 0.6 is 0 Å². The molecule has 0 saturated heterocycles. The van der Waals surface area contributed by atoms with E-state index in [4.69, 9.17) is 4.74 Å². The van der Waals surface area contributed by atoms with E-state index in [1.54, 1.807) is 11.8 Å². The minimum Gasteiger partial charge on any atom is -0.469 e. The second-order valence-corrected chi connectivity index (χ2v) is 4.04.